The van der Waals surface area contributed by atoms with E-state index >= 15 is 0 Å². The minimum Gasteiger partial charge on any atom is -0.388 e. The van der Waals surface area contributed by atoms with Crippen molar-refractivity contribution in [2.24, 2.45) is 0 Å². The van der Waals surface area contributed by atoms with Crippen molar-refractivity contribution in [1.82, 2.24) is 9.78 Å². The lowest BCUT2D eigenvalue weighted by atomic mass is 10.1. The van der Waals surface area contributed by atoms with E-state index in [0.29, 0.717) is 12.5 Å². The van der Waals surface area contributed by atoms with Gasteiger partial charge in [0, 0.05) is 5.69 Å². The lowest BCUT2D eigenvalue weighted by Gasteiger charge is -2.10. The molecule has 0 amide bonds. The van der Waals surface area contributed by atoms with Crippen molar-refractivity contribution in [3.63, 3.8) is 0 Å². The molecule has 0 saturated heterocycles. The van der Waals surface area contributed by atoms with Crippen LogP contribution in [0.1, 0.15) is 43.9 Å². The van der Waals surface area contributed by atoms with Crippen molar-refractivity contribution in [2.75, 3.05) is 0 Å². The van der Waals surface area contributed by atoms with Crippen molar-refractivity contribution in [2.45, 2.75) is 51.7 Å². The van der Waals surface area contributed by atoms with Crippen LogP contribution in [0, 0.1) is 6.92 Å². The van der Waals surface area contributed by atoms with E-state index in [2.05, 4.69) is 25.9 Å². The van der Waals surface area contributed by atoms with Crippen LogP contribution in [0.4, 0.5) is 0 Å². The first-order valence-corrected chi connectivity index (χ1v) is 5.26. The molecule has 0 aromatic carbocycles. The van der Waals surface area contributed by atoms with Crippen LogP contribution in [-0.4, -0.2) is 20.5 Å². The largest absolute Gasteiger partial charge is 0.388 e. The zero-order valence-electron chi connectivity index (χ0n) is 9.12. The molecule has 1 N–H and O–H groups in total. The van der Waals surface area contributed by atoms with Gasteiger partial charge in [0.05, 0.1) is 18.3 Å². The van der Waals surface area contributed by atoms with Crippen LogP contribution < -0.4 is 0 Å². The van der Waals surface area contributed by atoms with Crippen LogP contribution in [0.3, 0.4) is 0 Å². The monoisotopic (exact) mass is 194 g/mol. The SMILES string of the molecule is Cc1c(C(C)C)cnn1CC1(O)CC1. The average Bonchev–Trinajstić information content (AvgIpc) is 2.70. The maximum Gasteiger partial charge on any atom is 0.0845 e. The third-order valence-corrected chi connectivity index (χ3v) is 3.03. The molecule has 1 aliphatic rings. The molecule has 1 aromatic heterocycles. The molecule has 1 fully saturated rings. The second-order valence-electron chi connectivity index (χ2n) is 4.72. The Morgan fingerprint density at radius 3 is 2.64 bits per heavy atom. The Labute approximate surface area is 84.7 Å². The van der Waals surface area contributed by atoms with Gasteiger partial charge in [-0.1, -0.05) is 13.8 Å². The summed E-state index contributed by atoms with van der Waals surface area (Å²) < 4.78 is 1.93. The maximum atomic E-state index is 9.79. The van der Waals surface area contributed by atoms with Gasteiger partial charge in [0.25, 0.3) is 0 Å². The quantitative estimate of drug-likeness (QED) is 0.797. The lowest BCUT2D eigenvalue weighted by Crippen LogP contribution is -2.18. The predicted octanol–water partition coefficient (Wildman–Crippen LogP) is 1.84. The molecule has 1 aliphatic carbocycles. The highest BCUT2D eigenvalue weighted by atomic mass is 16.3. The number of rotatable bonds is 3. The Morgan fingerprint density at radius 2 is 2.21 bits per heavy atom. The number of hydrogen-bond acceptors (Lipinski definition) is 2. The van der Waals surface area contributed by atoms with E-state index in [4.69, 9.17) is 0 Å². The summed E-state index contributed by atoms with van der Waals surface area (Å²) in [5.41, 5.74) is 2.03. The van der Waals surface area contributed by atoms with Crippen molar-refractivity contribution in [3.05, 3.63) is 17.5 Å². The Balaban J connectivity index is 2.18. The van der Waals surface area contributed by atoms with Gasteiger partial charge in [0.1, 0.15) is 0 Å². The molecule has 1 aromatic rings. The molecular weight excluding hydrogens is 176 g/mol. The molecule has 1 heterocycles. The molecule has 78 valence electrons. The summed E-state index contributed by atoms with van der Waals surface area (Å²) in [6.07, 6.45) is 3.76. The van der Waals surface area contributed by atoms with Crippen LogP contribution in [0.25, 0.3) is 0 Å². The fourth-order valence-corrected chi connectivity index (χ4v) is 1.77. The van der Waals surface area contributed by atoms with E-state index in [1.807, 2.05) is 10.9 Å². The molecule has 0 spiro atoms. The Bertz CT molecular complexity index is 337. The smallest absolute Gasteiger partial charge is 0.0845 e. The Hall–Kier alpha value is -0.830. The molecular formula is C11H18N2O. The minimum absolute atomic E-state index is 0.453. The highest BCUT2D eigenvalue weighted by Crippen LogP contribution is 2.37. The van der Waals surface area contributed by atoms with Gasteiger partial charge >= 0.3 is 0 Å². The molecule has 0 unspecified atom stereocenters. The van der Waals surface area contributed by atoms with Gasteiger partial charge in [-0.15, -0.1) is 0 Å². The first-order valence-electron chi connectivity index (χ1n) is 5.26. The highest BCUT2D eigenvalue weighted by Gasteiger charge is 2.41. The summed E-state index contributed by atoms with van der Waals surface area (Å²) in [6, 6.07) is 0. The predicted molar refractivity (Wildman–Crippen MR) is 55.2 cm³/mol. The van der Waals surface area contributed by atoms with E-state index < -0.39 is 5.60 Å². The third kappa shape index (κ3) is 1.69. The lowest BCUT2D eigenvalue weighted by molar-refractivity contribution is 0.124. The van der Waals surface area contributed by atoms with Crippen molar-refractivity contribution < 1.29 is 5.11 Å². The van der Waals surface area contributed by atoms with Crippen LogP contribution in [-0.2, 0) is 6.54 Å². The molecule has 14 heavy (non-hydrogen) atoms. The van der Waals surface area contributed by atoms with E-state index in [1.54, 1.807) is 0 Å². The second-order valence-corrected chi connectivity index (χ2v) is 4.72. The van der Waals surface area contributed by atoms with Gasteiger partial charge in [-0.25, -0.2) is 0 Å². The van der Waals surface area contributed by atoms with Gasteiger partial charge in [-0.3, -0.25) is 4.68 Å². The average molecular weight is 194 g/mol. The molecule has 0 atom stereocenters. The first-order chi connectivity index (χ1) is 6.52. The fourth-order valence-electron chi connectivity index (χ4n) is 1.77. The standard InChI is InChI=1S/C11H18N2O/c1-8(2)10-6-12-13(9(10)3)7-11(14)4-5-11/h6,8,14H,4-5,7H2,1-3H3. The summed E-state index contributed by atoms with van der Waals surface area (Å²) in [5, 5.41) is 14.1. The van der Waals surface area contributed by atoms with Gasteiger partial charge in [-0.2, -0.15) is 5.10 Å². The number of nitrogens with zero attached hydrogens (tertiary/aromatic N) is 2. The summed E-state index contributed by atoms with van der Waals surface area (Å²) in [4.78, 5) is 0. The van der Waals surface area contributed by atoms with Gasteiger partial charge in [0.15, 0.2) is 0 Å². The Morgan fingerprint density at radius 1 is 1.57 bits per heavy atom. The third-order valence-electron chi connectivity index (χ3n) is 3.03. The topological polar surface area (TPSA) is 38.0 Å². The van der Waals surface area contributed by atoms with E-state index in [1.165, 1.54) is 11.3 Å². The molecule has 3 nitrogen and oxygen atoms in total. The minimum atomic E-state index is -0.453. The maximum absolute atomic E-state index is 9.79. The van der Waals surface area contributed by atoms with Crippen molar-refractivity contribution >= 4 is 0 Å². The molecule has 1 saturated carbocycles. The van der Waals surface area contributed by atoms with Gasteiger partial charge < -0.3 is 5.11 Å². The van der Waals surface area contributed by atoms with Crippen molar-refractivity contribution in [1.29, 1.82) is 0 Å². The summed E-state index contributed by atoms with van der Waals surface area (Å²) >= 11 is 0. The molecule has 0 bridgehead atoms. The molecule has 2 rings (SSSR count). The zero-order chi connectivity index (χ0) is 10.3. The van der Waals surface area contributed by atoms with Crippen LogP contribution >= 0.6 is 0 Å². The van der Waals surface area contributed by atoms with E-state index in [9.17, 15) is 5.11 Å². The first kappa shape index (κ1) is 9.71. The van der Waals surface area contributed by atoms with Crippen LogP contribution in [0.15, 0.2) is 6.20 Å². The molecule has 0 aliphatic heterocycles. The van der Waals surface area contributed by atoms with Crippen LogP contribution in [0.2, 0.25) is 0 Å². The highest BCUT2D eigenvalue weighted by molar-refractivity contribution is 5.20. The molecule has 0 radical (unpaired) electrons. The van der Waals surface area contributed by atoms with Gasteiger partial charge in [0.2, 0.25) is 0 Å². The summed E-state index contributed by atoms with van der Waals surface area (Å²) in [6.45, 7) is 7.07. The summed E-state index contributed by atoms with van der Waals surface area (Å²) in [7, 11) is 0. The fraction of sp³-hybridized carbons (Fsp3) is 0.727. The number of hydrogen-bond donors (Lipinski definition) is 1. The van der Waals surface area contributed by atoms with E-state index in [-0.39, 0.29) is 0 Å². The second kappa shape index (κ2) is 3.09. The van der Waals surface area contributed by atoms with Gasteiger partial charge in [-0.05, 0) is 31.2 Å². The normalized spacial score (nSPS) is 18.9. The molecule has 3 heteroatoms. The Kier molecular flexibility index (Phi) is 2.14. The van der Waals surface area contributed by atoms with E-state index in [0.717, 1.165) is 12.8 Å². The number of aromatic nitrogens is 2. The zero-order valence-corrected chi connectivity index (χ0v) is 9.12. The van der Waals surface area contributed by atoms with Crippen molar-refractivity contribution in [3.8, 4) is 0 Å². The van der Waals surface area contributed by atoms with Crippen LogP contribution in [0.5, 0.6) is 0 Å². The number of aliphatic hydroxyl groups is 1. The summed E-state index contributed by atoms with van der Waals surface area (Å²) in [5.74, 6) is 0.512.